The van der Waals surface area contributed by atoms with Crippen LogP contribution in [0.4, 0.5) is 17.1 Å². The molecule has 0 saturated carbocycles. The lowest BCUT2D eigenvalue weighted by molar-refractivity contribution is 0.609. The van der Waals surface area contributed by atoms with Crippen molar-refractivity contribution in [2.45, 2.75) is 196 Å². The molecule has 462 valence electrons. The van der Waals surface area contributed by atoms with E-state index in [-0.39, 0.29) is 0 Å². The van der Waals surface area contributed by atoms with Crippen LogP contribution in [0, 0.1) is 0 Å². The summed E-state index contributed by atoms with van der Waals surface area (Å²) in [5, 5.41) is 0. The molecular weight excluding hydrogens is 1050 g/mol. The van der Waals surface area contributed by atoms with Crippen LogP contribution in [0.3, 0.4) is 0 Å². The lowest BCUT2D eigenvalue weighted by Crippen LogP contribution is -2.25. The number of unbranched alkanes of at least 4 members (excludes halogenated alkanes) is 18. The van der Waals surface area contributed by atoms with Gasteiger partial charge in [0.25, 0.3) is 0 Å². The molecule has 7 rings (SSSR count). The molecular formula is C84H111N3. The van der Waals surface area contributed by atoms with Gasteiger partial charge in [0, 0.05) is 56.3 Å². The lowest BCUT2D eigenvalue weighted by atomic mass is 9.92. The summed E-state index contributed by atoms with van der Waals surface area (Å²) in [6, 6.07) is 62.2. The van der Waals surface area contributed by atoms with E-state index in [9.17, 15) is 0 Å². The van der Waals surface area contributed by atoms with Crippen molar-refractivity contribution in [1.29, 1.82) is 0 Å². The second-order valence-electron chi connectivity index (χ2n) is 24.8. The minimum absolute atomic E-state index is 1.15. The van der Waals surface area contributed by atoms with Gasteiger partial charge in [0.05, 0.1) is 0 Å². The van der Waals surface area contributed by atoms with Gasteiger partial charge in [-0.15, -0.1) is 0 Å². The molecule has 3 heteroatoms. The van der Waals surface area contributed by atoms with E-state index in [1.165, 1.54) is 238 Å². The van der Waals surface area contributed by atoms with Crippen LogP contribution in [0.15, 0.2) is 164 Å². The van der Waals surface area contributed by atoms with Gasteiger partial charge in [-0.1, -0.05) is 303 Å². The van der Waals surface area contributed by atoms with Crippen molar-refractivity contribution >= 4 is 53.5 Å². The number of hydrogen-bond donors (Lipinski definition) is 0. The summed E-state index contributed by atoms with van der Waals surface area (Å²) in [4.78, 5) is 7.87. The largest absolute Gasteiger partial charge is 0.372 e. The Morgan fingerprint density at radius 1 is 0.195 bits per heavy atom. The third kappa shape index (κ3) is 24.0. The number of rotatable bonds is 42. The third-order valence-corrected chi connectivity index (χ3v) is 17.5. The molecule has 0 N–H and O–H groups in total. The minimum atomic E-state index is 1.15. The highest BCUT2D eigenvalue weighted by Crippen LogP contribution is 2.35. The molecule has 0 saturated heterocycles. The maximum absolute atomic E-state index is 2.62. The molecule has 0 aliphatic carbocycles. The van der Waals surface area contributed by atoms with E-state index in [4.69, 9.17) is 0 Å². The molecule has 0 heterocycles. The fraction of sp³-hybridized carbons (Fsp3) is 0.429. The zero-order valence-corrected chi connectivity index (χ0v) is 55.1. The second-order valence-corrected chi connectivity index (χ2v) is 24.8. The molecule has 7 aromatic carbocycles. The van der Waals surface area contributed by atoms with Crippen LogP contribution in [0.1, 0.15) is 229 Å². The Morgan fingerprint density at radius 3 is 0.540 bits per heavy atom. The molecule has 0 bridgehead atoms. The Morgan fingerprint density at radius 2 is 0.368 bits per heavy atom. The first-order valence-electron chi connectivity index (χ1n) is 35.0. The zero-order valence-electron chi connectivity index (χ0n) is 55.1. The van der Waals surface area contributed by atoms with E-state index in [2.05, 4.69) is 256 Å². The molecule has 0 radical (unpaired) electrons. The van der Waals surface area contributed by atoms with E-state index in [0.717, 1.165) is 39.3 Å². The van der Waals surface area contributed by atoms with E-state index in [1.54, 1.807) is 0 Å². The molecule has 0 aliphatic heterocycles. The van der Waals surface area contributed by atoms with Gasteiger partial charge in [-0.25, -0.2) is 0 Å². The molecule has 0 fully saturated rings. The molecule has 7 aromatic rings. The van der Waals surface area contributed by atoms with Gasteiger partial charge < -0.3 is 14.7 Å². The van der Waals surface area contributed by atoms with Crippen molar-refractivity contribution in [3.8, 4) is 33.4 Å². The third-order valence-electron chi connectivity index (χ3n) is 17.5. The predicted octanol–water partition coefficient (Wildman–Crippen LogP) is 25.1. The van der Waals surface area contributed by atoms with Crippen LogP contribution in [0.2, 0.25) is 0 Å². The summed E-state index contributed by atoms with van der Waals surface area (Å²) in [5.74, 6) is 0. The van der Waals surface area contributed by atoms with Gasteiger partial charge in [0.1, 0.15) is 0 Å². The molecule has 0 atom stereocenters. The quantitative estimate of drug-likeness (QED) is 0.0279. The van der Waals surface area contributed by atoms with E-state index in [0.29, 0.717) is 0 Å². The van der Waals surface area contributed by atoms with Crippen molar-refractivity contribution < 1.29 is 0 Å². The Bertz CT molecular complexity index is 2640. The summed E-state index contributed by atoms with van der Waals surface area (Å²) >= 11 is 0. The average Bonchev–Trinajstić information content (AvgIpc) is 3.74. The van der Waals surface area contributed by atoms with Crippen molar-refractivity contribution in [2.24, 2.45) is 0 Å². The Balaban J connectivity index is 1.09. The molecule has 0 aromatic heterocycles. The summed E-state index contributed by atoms with van der Waals surface area (Å²) in [6.07, 6.45) is 44.6. The second kappa shape index (κ2) is 39.8. The highest BCUT2D eigenvalue weighted by Gasteiger charge is 2.12. The van der Waals surface area contributed by atoms with Gasteiger partial charge in [0.15, 0.2) is 0 Å². The van der Waals surface area contributed by atoms with Crippen molar-refractivity contribution in [3.63, 3.8) is 0 Å². The highest BCUT2D eigenvalue weighted by molar-refractivity contribution is 5.83. The smallest absolute Gasteiger partial charge is 0.0366 e. The van der Waals surface area contributed by atoms with Gasteiger partial charge >= 0.3 is 0 Å². The van der Waals surface area contributed by atoms with Crippen LogP contribution in [0.5, 0.6) is 0 Å². The standard InChI is InChI=1S/C84H111N3/c1-7-13-19-25-61-85(62-26-20-14-8-2)82-55-43-73(44-56-82)34-31-70-37-49-76(50-38-70)79-67-80(77-51-39-71(40-52-77)32-35-74-45-57-83(58-46-74)86(63-27-21-15-9-3)64-28-22-16-10-4)69-81(68-79)78-53-41-72(42-54-78)33-36-75-47-59-84(60-48-75)87(65-29-23-17-11-5)66-30-24-18-12-6/h31-60,67-69H,7-30,61-66H2,1-6H3/b34-31+,35-32+,36-33+. The van der Waals surface area contributed by atoms with E-state index in [1.807, 2.05) is 0 Å². The normalized spacial score (nSPS) is 11.7. The average molecular weight is 1160 g/mol. The van der Waals surface area contributed by atoms with Crippen LogP contribution in [-0.2, 0) is 0 Å². The van der Waals surface area contributed by atoms with Crippen LogP contribution < -0.4 is 14.7 Å². The first kappa shape index (κ1) is 67.7. The van der Waals surface area contributed by atoms with Crippen molar-refractivity contribution in [1.82, 2.24) is 0 Å². The Labute approximate surface area is 530 Å². The van der Waals surface area contributed by atoms with Crippen LogP contribution in [0.25, 0.3) is 69.8 Å². The number of anilines is 3. The summed E-state index contributed by atoms with van der Waals surface area (Å²) in [5.41, 5.74) is 18.6. The predicted molar refractivity (Wildman–Crippen MR) is 390 cm³/mol. The lowest BCUT2D eigenvalue weighted by Gasteiger charge is -2.25. The SMILES string of the molecule is CCCCCCN(CCCCCC)c1ccc(/C=C/c2ccc(-c3cc(-c4ccc(/C=C/c5ccc(N(CCCCCC)CCCCCC)cc5)cc4)cc(-c4ccc(/C=C/c5ccc(N(CCCCCC)CCCCCC)cc5)cc4)c3)cc2)cc1. The zero-order chi connectivity index (χ0) is 60.9. The van der Waals surface area contributed by atoms with Gasteiger partial charge in [-0.3, -0.25) is 0 Å². The summed E-state index contributed by atoms with van der Waals surface area (Å²) < 4.78 is 0. The van der Waals surface area contributed by atoms with E-state index < -0.39 is 0 Å². The van der Waals surface area contributed by atoms with Crippen LogP contribution >= 0.6 is 0 Å². The maximum atomic E-state index is 2.62. The van der Waals surface area contributed by atoms with Crippen LogP contribution in [-0.4, -0.2) is 39.3 Å². The topological polar surface area (TPSA) is 9.72 Å². The highest BCUT2D eigenvalue weighted by atomic mass is 15.1. The maximum Gasteiger partial charge on any atom is 0.0366 e. The van der Waals surface area contributed by atoms with Gasteiger partial charge in [-0.2, -0.15) is 0 Å². The number of nitrogens with zero attached hydrogens (tertiary/aromatic N) is 3. The Kier molecular flexibility index (Phi) is 31.0. The first-order valence-corrected chi connectivity index (χ1v) is 35.0. The summed E-state index contributed by atoms with van der Waals surface area (Å²) in [6.45, 7) is 20.7. The molecule has 0 spiro atoms. The molecule has 3 nitrogen and oxygen atoms in total. The van der Waals surface area contributed by atoms with Gasteiger partial charge in [-0.05, 0) is 160 Å². The molecule has 0 unspecified atom stereocenters. The fourth-order valence-corrected chi connectivity index (χ4v) is 11.9. The number of benzene rings is 7. The molecule has 0 amide bonds. The fourth-order valence-electron chi connectivity index (χ4n) is 11.9. The number of hydrogen-bond acceptors (Lipinski definition) is 3. The molecule has 87 heavy (non-hydrogen) atoms. The first-order chi connectivity index (χ1) is 42.9. The monoisotopic (exact) mass is 1160 g/mol. The minimum Gasteiger partial charge on any atom is -0.372 e. The van der Waals surface area contributed by atoms with Crippen molar-refractivity contribution in [2.75, 3.05) is 54.0 Å². The van der Waals surface area contributed by atoms with Gasteiger partial charge in [0.2, 0.25) is 0 Å². The van der Waals surface area contributed by atoms with E-state index >= 15 is 0 Å². The summed E-state index contributed by atoms with van der Waals surface area (Å²) in [7, 11) is 0. The van der Waals surface area contributed by atoms with Crippen molar-refractivity contribution in [3.05, 3.63) is 197 Å². The molecule has 0 aliphatic rings. The Hall–Kier alpha value is -6.84.